The molecule has 11 heteroatoms. The van der Waals surface area contributed by atoms with Crippen LogP contribution < -0.4 is 0 Å². The van der Waals surface area contributed by atoms with Crippen molar-refractivity contribution in [2.45, 2.75) is 88.5 Å². The highest BCUT2D eigenvalue weighted by Crippen LogP contribution is 2.39. The first-order chi connectivity index (χ1) is 15.7. The maximum absolute atomic E-state index is 6.04. The van der Waals surface area contributed by atoms with Gasteiger partial charge in [0.2, 0.25) is 0 Å². The third-order valence-electron chi connectivity index (χ3n) is 5.91. The average Bonchev–Trinajstić information content (AvgIpc) is 3.38. The Hall–Kier alpha value is -0.440. The van der Waals surface area contributed by atoms with Crippen molar-refractivity contribution in [3.05, 3.63) is 0 Å². The molecule has 11 nitrogen and oxygen atoms in total. The van der Waals surface area contributed by atoms with E-state index in [1.807, 2.05) is 27.7 Å². The molecule has 33 heavy (non-hydrogen) atoms. The first kappa shape index (κ1) is 25.6. The summed E-state index contributed by atoms with van der Waals surface area (Å²) in [6.07, 6.45) is -2.59. The molecule has 0 bridgehead atoms. The summed E-state index contributed by atoms with van der Waals surface area (Å²) < 4.78 is 63.6. The maximum Gasteiger partial charge on any atom is 0.190 e. The van der Waals surface area contributed by atoms with Gasteiger partial charge in [-0.1, -0.05) is 0 Å². The molecule has 192 valence electrons. The molecular weight excluding hydrogens is 440 g/mol. The highest BCUT2D eigenvalue weighted by Gasteiger charge is 2.56. The molecule has 0 aromatic carbocycles. The van der Waals surface area contributed by atoms with Crippen molar-refractivity contribution in [3.63, 3.8) is 0 Å². The van der Waals surface area contributed by atoms with Gasteiger partial charge in [0, 0.05) is 14.2 Å². The molecule has 0 aromatic rings. The molecule has 0 spiro atoms. The van der Waals surface area contributed by atoms with E-state index in [-0.39, 0.29) is 36.6 Å². The summed E-state index contributed by atoms with van der Waals surface area (Å²) in [7, 11) is 3.25. The Kier molecular flexibility index (Phi) is 8.29. The van der Waals surface area contributed by atoms with Gasteiger partial charge >= 0.3 is 0 Å². The van der Waals surface area contributed by atoms with E-state index in [9.17, 15) is 0 Å². The lowest BCUT2D eigenvalue weighted by Crippen LogP contribution is -2.40. The molecule has 4 heterocycles. The van der Waals surface area contributed by atoms with Gasteiger partial charge < -0.3 is 52.1 Å². The lowest BCUT2D eigenvalue weighted by atomic mass is 10.1. The van der Waals surface area contributed by atoms with Gasteiger partial charge in [0.25, 0.3) is 0 Å². The molecule has 8 atom stereocenters. The topological polar surface area (TPSA) is 102 Å². The zero-order chi connectivity index (χ0) is 23.6. The molecule has 0 N–H and O–H groups in total. The third-order valence-corrected chi connectivity index (χ3v) is 5.91. The first-order valence-electron chi connectivity index (χ1n) is 11.5. The van der Waals surface area contributed by atoms with Crippen molar-refractivity contribution in [1.82, 2.24) is 0 Å². The lowest BCUT2D eigenvalue weighted by Gasteiger charge is -2.26. The standard InChI is InChI=1S/C22H38O11/c1-21(2)30-17-15(13(11-23-5)28-19(17)32-21)26-9-7-25-8-10-27-16-14(12-24-6)29-20-18(16)31-22(3,4)33-20/h13-20H,7-12H2,1-6H3/t13-,14-,15+,16+,17-,18-,19-,20-/m1/s1. The van der Waals surface area contributed by atoms with E-state index in [0.29, 0.717) is 39.6 Å². The average molecular weight is 479 g/mol. The molecule has 0 aromatic heterocycles. The van der Waals surface area contributed by atoms with Crippen molar-refractivity contribution in [2.75, 3.05) is 53.9 Å². The zero-order valence-corrected chi connectivity index (χ0v) is 20.4. The minimum Gasteiger partial charge on any atom is -0.382 e. The van der Waals surface area contributed by atoms with Crippen LogP contribution in [0.1, 0.15) is 27.7 Å². The Morgan fingerprint density at radius 3 is 1.42 bits per heavy atom. The SMILES string of the molecule is COC[C@H]1O[C@@H]2OC(C)(C)O[C@@H]2[C@H]1OCCOCCO[C@@H]1[C@H]2OC(C)(C)O[C@H]2O[C@@H]1COC. The summed E-state index contributed by atoms with van der Waals surface area (Å²) >= 11 is 0. The van der Waals surface area contributed by atoms with Gasteiger partial charge in [-0.2, -0.15) is 0 Å². The van der Waals surface area contributed by atoms with E-state index in [1.165, 1.54) is 0 Å². The molecule has 0 saturated carbocycles. The summed E-state index contributed by atoms with van der Waals surface area (Å²) in [6, 6.07) is 0. The van der Waals surface area contributed by atoms with Crippen LogP contribution in [0.15, 0.2) is 0 Å². The molecule has 4 aliphatic heterocycles. The second-order valence-corrected chi connectivity index (χ2v) is 9.48. The fourth-order valence-electron chi connectivity index (χ4n) is 4.68. The van der Waals surface area contributed by atoms with Gasteiger partial charge in [-0.15, -0.1) is 0 Å². The van der Waals surface area contributed by atoms with Crippen LogP contribution >= 0.6 is 0 Å². The summed E-state index contributed by atoms with van der Waals surface area (Å²) in [6.45, 7) is 9.82. The molecule has 0 amide bonds. The monoisotopic (exact) mass is 478 g/mol. The largest absolute Gasteiger partial charge is 0.382 e. The third kappa shape index (κ3) is 6.04. The van der Waals surface area contributed by atoms with Crippen molar-refractivity contribution in [1.29, 1.82) is 0 Å². The summed E-state index contributed by atoms with van der Waals surface area (Å²) in [5, 5.41) is 0. The molecule has 0 unspecified atom stereocenters. The Balaban J connectivity index is 1.16. The number of ether oxygens (including phenoxy) is 11. The van der Waals surface area contributed by atoms with Crippen LogP contribution in [0.25, 0.3) is 0 Å². The predicted octanol–water partition coefficient (Wildman–Crippen LogP) is 0.819. The van der Waals surface area contributed by atoms with Gasteiger partial charge in [-0.05, 0) is 27.7 Å². The Morgan fingerprint density at radius 1 is 0.606 bits per heavy atom. The maximum atomic E-state index is 6.04. The second kappa shape index (κ2) is 10.7. The summed E-state index contributed by atoms with van der Waals surface area (Å²) in [4.78, 5) is 0. The highest BCUT2D eigenvalue weighted by atomic mass is 16.9. The molecule has 4 fully saturated rings. The van der Waals surface area contributed by atoms with Crippen LogP contribution in [0, 0.1) is 0 Å². The van der Waals surface area contributed by atoms with Crippen molar-refractivity contribution < 1.29 is 52.1 Å². The molecule has 4 aliphatic rings. The van der Waals surface area contributed by atoms with E-state index < -0.39 is 24.2 Å². The van der Waals surface area contributed by atoms with Crippen molar-refractivity contribution in [3.8, 4) is 0 Å². The van der Waals surface area contributed by atoms with E-state index in [2.05, 4.69) is 0 Å². The fourth-order valence-corrected chi connectivity index (χ4v) is 4.68. The molecule has 0 radical (unpaired) electrons. The van der Waals surface area contributed by atoms with Crippen molar-refractivity contribution in [2.24, 2.45) is 0 Å². The Morgan fingerprint density at radius 2 is 1.03 bits per heavy atom. The molecule has 0 aliphatic carbocycles. The number of rotatable bonds is 12. The Labute approximate surface area is 195 Å². The van der Waals surface area contributed by atoms with Crippen molar-refractivity contribution >= 4 is 0 Å². The number of hydrogen-bond acceptors (Lipinski definition) is 11. The zero-order valence-electron chi connectivity index (χ0n) is 20.4. The minimum absolute atomic E-state index is 0.254. The predicted molar refractivity (Wildman–Crippen MR) is 111 cm³/mol. The summed E-state index contributed by atoms with van der Waals surface area (Å²) in [5.74, 6) is -1.40. The smallest absolute Gasteiger partial charge is 0.190 e. The van der Waals surface area contributed by atoms with E-state index >= 15 is 0 Å². The quantitative estimate of drug-likeness (QED) is 0.373. The van der Waals surface area contributed by atoms with Gasteiger partial charge in [0.05, 0.1) is 39.6 Å². The van der Waals surface area contributed by atoms with Gasteiger partial charge in [0.1, 0.15) is 36.6 Å². The van der Waals surface area contributed by atoms with Crippen LogP contribution in [0.4, 0.5) is 0 Å². The Bertz CT molecular complexity index is 577. The highest BCUT2D eigenvalue weighted by molar-refractivity contribution is 4.95. The van der Waals surface area contributed by atoms with Crippen LogP contribution in [0.5, 0.6) is 0 Å². The van der Waals surface area contributed by atoms with Gasteiger partial charge in [-0.25, -0.2) is 0 Å². The van der Waals surface area contributed by atoms with Crippen LogP contribution in [0.3, 0.4) is 0 Å². The minimum atomic E-state index is -0.699. The van der Waals surface area contributed by atoms with Crippen LogP contribution in [-0.4, -0.2) is 115 Å². The number of hydrogen-bond donors (Lipinski definition) is 0. The summed E-state index contributed by atoms with van der Waals surface area (Å²) in [5.41, 5.74) is 0. The van der Waals surface area contributed by atoms with Crippen LogP contribution in [0.2, 0.25) is 0 Å². The lowest BCUT2D eigenvalue weighted by molar-refractivity contribution is -0.224. The van der Waals surface area contributed by atoms with E-state index in [1.54, 1.807) is 14.2 Å². The normalized spacial score (nSPS) is 40.9. The second-order valence-electron chi connectivity index (χ2n) is 9.48. The molecular formula is C22H38O11. The van der Waals surface area contributed by atoms with Crippen LogP contribution in [-0.2, 0) is 52.1 Å². The fraction of sp³-hybridized carbons (Fsp3) is 1.00. The van der Waals surface area contributed by atoms with E-state index in [0.717, 1.165) is 0 Å². The first-order valence-corrected chi connectivity index (χ1v) is 11.5. The van der Waals surface area contributed by atoms with Gasteiger partial charge in [0.15, 0.2) is 24.2 Å². The number of methoxy groups -OCH3 is 2. The number of fused-ring (bicyclic) bond motifs is 2. The molecule has 4 saturated heterocycles. The molecule has 4 rings (SSSR count). The van der Waals surface area contributed by atoms with E-state index in [4.69, 9.17) is 52.1 Å². The van der Waals surface area contributed by atoms with Gasteiger partial charge in [-0.3, -0.25) is 0 Å².